The van der Waals surface area contributed by atoms with Crippen LogP contribution in [0.1, 0.15) is 26.7 Å². The molecule has 2 amide bonds. The van der Waals surface area contributed by atoms with Crippen LogP contribution in [0.2, 0.25) is 0 Å². The van der Waals surface area contributed by atoms with E-state index in [2.05, 4.69) is 10.2 Å². The molecule has 0 aromatic heterocycles. The molecule has 1 aliphatic heterocycles. The molecular weight excluding hydrogens is 258 g/mol. The SMILES string of the molecule is CCOCC(=O)N1CCN(C(C)C(=O)NC2CC2)CC1. The van der Waals surface area contributed by atoms with E-state index in [1.807, 2.05) is 18.7 Å². The molecule has 0 aromatic carbocycles. The van der Waals surface area contributed by atoms with Crippen molar-refractivity contribution in [2.45, 2.75) is 38.8 Å². The highest BCUT2D eigenvalue weighted by atomic mass is 16.5. The summed E-state index contributed by atoms with van der Waals surface area (Å²) in [6, 6.07) is 0.291. The molecule has 1 heterocycles. The van der Waals surface area contributed by atoms with Crippen molar-refractivity contribution in [3.8, 4) is 0 Å². The highest BCUT2D eigenvalue weighted by molar-refractivity contribution is 5.82. The Kier molecular flexibility index (Phi) is 5.37. The monoisotopic (exact) mass is 283 g/mol. The fourth-order valence-electron chi connectivity index (χ4n) is 2.35. The lowest BCUT2D eigenvalue weighted by Gasteiger charge is -2.37. The van der Waals surface area contributed by atoms with E-state index in [0.29, 0.717) is 25.7 Å². The summed E-state index contributed by atoms with van der Waals surface area (Å²) in [6.07, 6.45) is 2.22. The normalized spacial score (nSPS) is 21.6. The zero-order valence-corrected chi connectivity index (χ0v) is 12.4. The molecule has 2 rings (SSSR count). The third-order valence-corrected chi connectivity index (χ3v) is 3.95. The maximum absolute atomic E-state index is 12.0. The number of rotatable bonds is 6. The van der Waals surface area contributed by atoms with Crippen LogP contribution >= 0.6 is 0 Å². The highest BCUT2D eigenvalue weighted by Crippen LogP contribution is 2.19. The summed E-state index contributed by atoms with van der Waals surface area (Å²) < 4.78 is 5.14. The van der Waals surface area contributed by atoms with Crippen molar-refractivity contribution < 1.29 is 14.3 Å². The van der Waals surface area contributed by atoms with E-state index in [1.165, 1.54) is 0 Å². The fourth-order valence-corrected chi connectivity index (χ4v) is 2.35. The highest BCUT2D eigenvalue weighted by Gasteiger charge is 2.30. The van der Waals surface area contributed by atoms with Crippen LogP contribution in [0.15, 0.2) is 0 Å². The van der Waals surface area contributed by atoms with Crippen LogP contribution in [0.25, 0.3) is 0 Å². The van der Waals surface area contributed by atoms with E-state index in [0.717, 1.165) is 25.9 Å². The third kappa shape index (κ3) is 4.18. The number of carbonyl (C=O) groups excluding carboxylic acids is 2. The predicted molar refractivity (Wildman–Crippen MR) is 75.3 cm³/mol. The Morgan fingerprint density at radius 2 is 1.90 bits per heavy atom. The van der Waals surface area contributed by atoms with Gasteiger partial charge >= 0.3 is 0 Å². The molecular formula is C14H25N3O3. The van der Waals surface area contributed by atoms with Crippen LogP contribution in [0.5, 0.6) is 0 Å². The molecule has 6 heteroatoms. The Morgan fingerprint density at radius 3 is 2.45 bits per heavy atom. The molecule has 6 nitrogen and oxygen atoms in total. The Hall–Kier alpha value is -1.14. The maximum atomic E-state index is 12.0. The van der Waals surface area contributed by atoms with Gasteiger partial charge in [-0.25, -0.2) is 0 Å². The zero-order valence-electron chi connectivity index (χ0n) is 12.4. The van der Waals surface area contributed by atoms with E-state index < -0.39 is 0 Å². The van der Waals surface area contributed by atoms with Gasteiger partial charge in [-0.3, -0.25) is 14.5 Å². The first-order chi connectivity index (χ1) is 9.61. The average molecular weight is 283 g/mol. The minimum Gasteiger partial charge on any atom is -0.372 e. The second-order valence-corrected chi connectivity index (χ2v) is 5.51. The molecule has 2 fully saturated rings. The molecule has 1 N–H and O–H groups in total. The van der Waals surface area contributed by atoms with Crippen LogP contribution in [-0.2, 0) is 14.3 Å². The third-order valence-electron chi connectivity index (χ3n) is 3.95. The largest absolute Gasteiger partial charge is 0.372 e. The van der Waals surface area contributed by atoms with Gasteiger partial charge in [0.15, 0.2) is 0 Å². The number of nitrogens with zero attached hydrogens (tertiary/aromatic N) is 2. The number of hydrogen-bond donors (Lipinski definition) is 1. The first-order valence-corrected chi connectivity index (χ1v) is 7.51. The summed E-state index contributed by atoms with van der Waals surface area (Å²) in [6.45, 7) is 7.38. The van der Waals surface area contributed by atoms with Crippen LogP contribution in [0.4, 0.5) is 0 Å². The van der Waals surface area contributed by atoms with Crippen molar-refractivity contribution in [1.82, 2.24) is 15.1 Å². The van der Waals surface area contributed by atoms with Gasteiger partial charge in [-0.15, -0.1) is 0 Å². The van der Waals surface area contributed by atoms with E-state index in [-0.39, 0.29) is 24.5 Å². The van der Waals surface area contributed by atoms with Gasteiger partial charge in [-0.1, -0.05) is 0 Å². The summed E-state index contributed by atoms with van der Waals surface area (Å²) in [5, 5.41) is 3.03. The molecule has 114 valence electrons. The Morgan fingerprint density at radius 1 is 1.25 bits per heavy atom. The van der Waals surface area contributed by atoms with Gasteiger partial charge in [0.05, 0.1) is 6.04 Å². The van der Waals surface area contributed by atoms with Crippen molar-refractivity contribution in [3.63, 3.8) is 0 Å². The number of piperazine rings is 1. The summed E-state index contributed by atoms with van der Waals surface area (Å²) in [5.74, 6) is 0.156. The number of amides is 2. The van der Waals surface area contributed by atoms with Gasteiger partial charge in [0.1, 0.15) is 6.61 Å². The maximum Gasteiger partial charge on any atom is 0.248 e. The molecule has 0 radical (unpaired) electrons. The van der Waals surface area contributed by atoms with Gasteiger partial charge in [0.2, 0.25) is 11.8 Å². The van der Waals surface area contributed by atoms with Crippen LogP contribution in [0, 0.1) is 0 Å². The van der Waals surface area contributed by atoms with Crippen molar-refractivity contribution in [2.75, 3.05) is 39.4 Å². The summed E-state index contributed by atoms with van der Waals surface area (Å²) >= 11 is 0. The molecule has 0 spiro atoms. The van der Waals surface area contributed by atoms with Gasteiger partial charge in [0.25, 0.3) is 0 Å². The van der Waals surface area contributed by atoms with Crippen molar-refractivity contribution in [1.29, 1.82) is 0 Å². The van der Waals surface area contributed by atoms with E-state index in [1.54, 1.807) is 0 Å². The van der Waals surface area contributed by atoms with Crippen LogP contribution in [0.3, 0.4) is 0 Å². The number of ether oxygens (including phenoxy) is 1. The quantitative estimate of drug-likeness (QED) is 0.735. The number of nitrogens with one attached hydrogen (secondary N) is 1. The Balaban J connectivity index is 1.72. The lowest BCUT2D eigenvalue weighted by atomic mass is 10.2. The van der Waals surface area contributed by atoms with Gasteiger partial charge in [0, 0.05) is 38.8 Å². The first kappa shape index (κ1) is 15.3. The second-order valence-electron chi connectivity index (χ2n) is 5.51. The van der Waals surface area contributed by atoms with Gasteiger partial charge in [-0.2, -0.15) is 0 Å². The summed E-state index contributed by atoms with van der Waals surface area (Å²) in [4.78, 5) is 27.8. The smallest absolute Gasteiger partial charge is 0.248 e. The molecule has 0 bridgehead atoms. The van der Waals surface area contributed by atoms with Gasteiger partial charge in [-0.05, 0) is 26.7 Å². The van der Waals surface area contributed by atoms with Crippen LogP contribution < -0.4 is 5.32 Å². The topological polar surface area (TPSA) is 61.9 Å². The second kappa shape index (κ2) is 7.04. The number of carbonyl (C=O) groups is 2. The van der Waals surface area contributed by atoms with Crippen molar-refractivity contribution in [2.24, 2.45) is 0 Å². The molecule has 20 heavy (non-hydrogen) atoms. The lowest BCUT2D eigenvalue weighted by molar-refractivity contribution is -0.138. The van der Waals surface area contributed by atoms with Gasteiger partial charge < -0.3 is 15.0 Å². The van der Waals surface area contributed by atoms with E-state index in [9.17, 15) is 9.59 Å². The zero-order chi connectivity index (χ0) is 14.5. The van der Waals surface area contributed by atoms with Crippen LogP contribution in [-0.4, -0.2) is 73.1 Å². The predicted octanol–water partition coefficient (Wildman–Crippen LogP) is -0.166. The lowest BCUT2D eigenvalue weighted by Crippen LogP contribution is -2.55. The minimum atomic E-state index is -0.111. The molecule has 1 atom stereocenters. The first-order valence-electron chi connectivity index (χ1n) is 7.51. The Bertz CT molecular complexity index is 350. The molecule has 2 aliphatic rings. The molecule has 1 aliphatic carbocycles. The molecule has 0 aromatic rings. The van der Waals surface area contributed by atoms with Crippen molar-refractivity contribution in [3.05, 3.63) is 0 Å². The average Bonchev–Trinajstić information content (AvgIpc) is 3.28. The minimum absolute atomic E-state index is 0.0431. The van der Waals surface area contributed by atoms with E-state index in [4.69, 9.17) is 4.74 Å². The van der Waals surface area contributed by atoms with Crippen molar-refractivity contribution >= 4 is 11.8 Å². The fraction of sp³-hybridized carbons (Fsp3) is 0.857. The molecule has 1 saturated carbocycles. The van der Waals surface area contributed by atoms with E-state index >= 15 is 0 Å². The standard InChI is InChI=1S/C14H25N3O3/c1-3-20-10-13(18)17-8-6-16(7-9-17)11(2)14(19)15-12-4-5-12/h11-12H,3-10H2,1-2H3,(H,15,19). The number of hydrogen-bond acceptors (Lipinski definition) is 4. The summed E-state index contributed by atoms with van der Waals surface area (Å²) in [5.41, 5.74) is 0. The summed E-state index contributed by atoms with van der Waals surface area (Å²) in [7, 11) is 0. The molecule has 1 saturated heterocycles. The molecule has 1 unspecified atom stereocenters. The Labute approximate surface area is 120 Å².